The number of aromatic carboxylic acids is 2. The third kappa shape index (κ3) is 2.38. The molecule has 5 heteroatoms. The zero-order valence-electron chi connectivity index (χ0n) is 10.6. The molecule has 4 nitrogen and oxygen atoms in total. The lowest BCUT2D eigenvalue weighted by Crippen LogP contribution is -2.08. The van der Waals surface area contributed by atoms with Crippen LogP contribution in [0.15, 0.2) is 36.4 Å². The van der Waals surface area contributed by atoms with Crippen LogP contribution < -0.4 is 0 Å². The number of halogens is 1. The lowest BCUT2D eigenvalue weighted by atomic mass is 9.92. The van der Waals surface area contributed by atoms with E-state index in [9.17, 15) is 24.2 Å². The van der Waals surface area contributed by atoms with E-state index >= 15 is 0 Å². The summed E-state index contributed by atoms with van der Waals surface area (Å²) in [6.07, 6.45) is 0. The van der Waals surface area contributed by atoms with Crippen LogP contribution >= 0.6 is 0 Å². The molecule has 0 heterocycles. The molecule has 0 aliphatic carbocycles. The van der Waals surface area contributed by atoms with Gasteiger partial charge in [0.25, 0.3) is 0 Å². The Bertz CT molecular complexity index is 672. The summed E-state index contributed by atoms with van der Waals surface area (Å²) in [6, 6.07) is 8.15. The summed E-state index contributed by atoms with van der Waals surface area (Å²) in [4.78, 5) is 22.6. The predicted octanol–water partition coefficient (Wildman–Crippen LogP) is 3.20. The first-order valence-electron chi connectivity index (χ1n) is 5.78. The Morgan fingerprint density at radius 2 is 1.50 bits per heavy atom. The predicted molar refractivity (Wildman–Crippen MR) is 70.5 cm³/mol. The van der Waals surface area contributed by atoms with E-state index in [0.717, 1.165) is 6.07 Å². The van der Waals surface area contributed by atoms with Crippen molar-refractivity contribution >= 4 is 11.9 Å². The normalized spacial score (nSPS) is 10.3. The summed E-state index contributed by atoms with van der Waals surface area (Å²) in [5.41, 5.74) is -0.129. The Labute approximate surface area is 114 Å². The van der Waals surface area contributed by atoms with Crippen LogP contribution in [0.1, 0.15) is 26.3 Å². The second kappa shape index (κ2) is 5.13. The molecule has 0 aliphatic heterocycles. The van der Waals surface area contributed by atoms with Crippen LogP contribution in [-0.4, -0.2) is 22.2 Å². The summed E-state index contributed by atoms with van der Waals surface area (Å²) in [7, 11) is 0. The van der Waals surface area contributed by atoms with Gasteiger partial charge in [0, 0.05) is 11.1 Å². The first kappa shape index (κ1) is 13.7. The molecule has 0 bridgehead atoms. The third-order valence-corrected chi connectivity index (χ3v) is 2.89. The lowest BCUT2D eigenvalue weighted by Gasteiger charge is -2.12. The number of carboxylic acid groups (broad SMARTS) is 2. The molecule has 0 radical (unpaired) electrons. The smallest absolute Gasteiger partial charge is 0.336 e. The van der Waals surface area contributed by atoms with Gasteiger partial charge in [-0.1, -0.05) is 18.2 Å². The summed E-state index contributed by atoms with van der Waals surface area (Å²) in [6.45, 7) is 1.59. The Morgan fingerprint density at radius 1 is 1.00 bits per heavy atom. The number of carbonyl (C=O) groups is 2. The average Bonchev–Trinajstić information content (AvgIpc) is 2.38. The van der Waals surface area contributed by atoms with Crippen LogP contribution in [-0.2, 0) is 0 Å². The number of hydrogen-bond acceptors (Lipinski definition) is 2. The van der Waals surface area contributed by atoms with E-state index in [4.69, 9.17) is 0 Å². The number of rotatable bonds is 3. The van der Waals surface area contributed by atoms with Gasteiger partial charge >= 0.3 is 11.9 Å². The van der Waals surface area contributed by atoms with Gasteiger partial charge in [0.2, 0.25) is 0 Å². The quantitative estimate of drug-likeness (QED) is 0.901. The Morgan fingerprint density at radius 3 is 1.95 bits per heavy atom. The Balaban J connectivity index is 2.89. The lowest BCUT2D eigenvalue weighted by molar-refractivity contribution is 0.0696. The minimum Gasteiger partial charge on any atom is -0.478 e. The largest absolute Gasteiger partial charge is 0.478 e. The van der Waals surface area contributed by atoms with Crippen LogP contribution in [0.2, 0.25) is 0 Å². The molecule has 0 saturated carbocycles. The fourth-order valence-corrected chi connectivity index (χ4v) is 2.08. The molecule has 0 aliphatic rings. The second-order valence-corrected chi connectivity index (χ2v) is 4.33. The highest BCUT2D eigenvalue weighted by Crippen LogP contribution is 2.31. The monoisotopic (exact) mass is 274 g/mol. The summed E-state index contributed by atoms with van der Waals surface area (Å²) in [5.74, 6) is -3.26. The highest BCUT2D eigenvalue weighted by atomic mass is 19.1. The fraction of sp³-hybridized carbons (Fsp3) is 0.0667. The van der Waals surface area contributed by atoms with E-state index in [1.54, 1.807) is 6.92 Å². The van der Waals surface area contributed by atoms with Crippen molar-refractivity contribution in [2.24, 2.45) is 0 Å². The van der Waals surface area contributed by atoms with E-state index in [0.29, 0.717) is 5.56 Å². The van der Waals surface area contributed by atoms with Crippen molar-refractivity contribution in [2.45, 2.75) is 6.92 Å². The minimum atomic E-state index is -1.30. The number of aryl methyl sites for hydroxylation is 1. The molecule has 0 spiro atoms. The van der Waals surface area contributed by atoms with Gasteiger partial charge in [-0.3, -0.25) is 0 Å². The van der Waals surface area contributed by atoms with Crippen LogP contribution in [0.3, 0.4) is 0 Å². The standard InChI is InChI=1S/C15H11FO4/c1-8-6-10(14(17)18)13(11(7-8)15(19)20)9-4-2-3-5-12(9)16/h2-7H,1H3,(H,17,18)(H,19,20). The molecule has 102 valence electrons. The zero-order chi connectivity index (χ0) is 14.9. The summed E-state index contributed by atoms with van der Waals surface area (Å²) >= 11 is 0. The van der Waals surface area contributed by atoms with Gasteiger partial charge in [0.05, 0.1) is 11.1 Å². The third-order valence-electron chi connectivity index (χ3n) is 2.89. The van der Waals surface area contributed by atoms with E-state index in [2.05, 4.69) is 0 Å². The average molecular weight is 274 g/mol. The van der Waals surface area contributed by atoms with E-state index < -0.39 is 17.8 Å². The number of hydrogen-bond donors (Lipinski definition) is 2. The zero-order valence-corrected chi connectivity index (χ0v) is 10.6. The van der Waals surface area contributed by atoms with Crippen molar-refractivity contribution in [1.82, 2.24) is 0 Å². The molecule has 0 atom stereocenters. The maximum Gasteiger partial charge on any atom is 0.336 e. The molecular weight excluding hydrogens is 263 g/mol. The molecule has 2 aromatic carbocycles. The molecule has 2 N–H and O–H groups in total. The highest BCUT2D eigenvalue weighted by molar-refractivity contribution is 6.05. The molecule has 0 saturated heterocycles. The minimum absolute atomic E-state index is 0.0395. The van der Waals surface area contributed by atoms with Gasteiger partial charge < -0.3 is 10.2 Å². The SMILES string of the molecule is Cc1cc(C(=O)O)c(-c2ccccc2F)c(C(=O)O)c1. The Kier molecular flexibility index (Phi) is 3.52. The molecule has 0 unspecified atom stereocenters. The van der Waals surface area contributed by atoms with E-state index in [1.807, 2.05) is 0 Å². The van der Waals surface area contributed by atoms with Gasteiger partial charge in [-0.05, 0) is 30.7 Å². The Hall–Kier alpha value is -2.69. The van der Waals surface area contributed by atoms with Gasteiger partial charge in [-0.25, -0.2) is 14.0 Å². The summed E-state index contributed by atoms with van der Waals surface area (Å²) in [5, 5.41) is 18.5. The molecule has 2 rings (SSSR count). The molecule has 2 aromatic rings. The second-order valence-electron chi connectivity index (χ2n) is 4.33. The van der Waals surface area contributed by atoms with Crippen LogP contribution in [0.25, 0.3) is 11.1 Å². The summed E-state index contributed by atoms with van der Waals surface area (Å²) < 4.78 is 13.9. The number of benzene rings is 2. The van der Waals surface area contributed by atoms with Gasteiger partial charge in [-0.2, -0.15) is 0 Å². The number of carboxylic acids is 2. The van der Waals surface area contributed by atoms with Crippen molar-refractivity contribution in [3.63, 3.8) is 0 Å². The molecular formula is C15H11FO4. The maximum atomic E-state index is 13.9. The van der Waals surface area contributed by atoms with Gasteiger partial charge in [0.1, 0.15) is 5.82 Å². The topological polar surface area (TPSA) is 74.6 Å². The van der Waals surface area contributed by atoms with Crippen LogP contribution in [0.5, 0.6) is 0 Å². The fourth-order valence-electron chi connectivity index (χ4n) is 2.08. The van der Waals surface area contributed by atoms with Crippen molar-refractivity contribution in [2.75, 3.05) is 0 Å². The van der Waals surface area contributed by atoms with E-state index in [1.165, 1.54) is 30.3 Å². The van der Waals surface area contributed by atoms with Gasteiger partial charge in [0.15, 0.2) is 0 Å². The first-order chi connectivity index (χ1) is 9.41. The highest BCUT2D eigenvalue weighted by Gasteiger charge is 2.22. The van der Waals surface area contributed by atoms with Gasteiger partial charge in [-0.15, -0.1) is 0 Å². The molecule has 0 amide bonds. The van der Waals surface area contributed by atoms with Crippen molar-refractivity contribution < 1.29 is 24.2 Å². The molecule has 20 heavy (non-hydrogen) atoms. The van der Waals surface area contributed by atoms with E-state index in [-0.39, 0.29) is 22.3 Å². The molecule has 0 fully saturated rings. The van der Waals surface area contributed by atoms with Crippen molar-refractivity contribution in [3.8, 4) is 11.1 Å². The molecule has 0 aromatic heterocycles. The van der Waals surface area contributed by atoms with Crippen molar-refractivity contribution in [1.29, 1.82) is 0 Å². The first-order valence-corrected chi connectivity index (χ1v) is 5.78. The van der Waals surface area contributed by atoms with Crippen molar-refractivity contribution in [3.05, 3.63) is 58.9 Å². The van der Waals surface area contributed by atoms with Crippen LogP contribution in [0, 0.1) is 12.7 Å². The maximum absolute atomic E-state index is 13.9. The van der Waals surface area contributed by atoms with Crippen LogP contribution in [0.4, 0.5) is 4.39 Å².